The molecule has 6 aromatic carbocycles. The largest absolute Gasteiger partial charge is 0.368 e. The molecule has 0 spiro atoms. The number of aromatic amines is 3. The molecule has 6 unspecified atom stereocenters. The summed E-state index contributed by atoms with van der Waals surface area (Å²) in [5.41, 5.74) is 13.7. The number of primary amides is 1. The number of pyridine rings is 3. The molecule has 12 aromatic rings. The second kappa shape index (κ2) is 24.5. The van der Waals surface area contributed by atoms with Crippen molar-refractivity contribution in [3.8, 4) is 0 Å². The summed E-state index contributed by atoms with van der Waals surface area (Å²) in [5, 5.41) is 21.0. The van der Waals surface area contributed by atoms with Crippen LogP contribution < -0.4 is 37.6 Å². The molecule has 15 rings (SSSR count). The van der Waals surface area contributed by atoms with E-state index in [0.29, 0.717) is 65.8 Å². The minimum Gasteiger partial charge on any atom is -0.368 e. The second-order valence-electron chi connectivity index (χ2n) is 24.8. The molecule has 3 aliphatic heterocycles. The minimum absolute atomic E-state index is 0.0232. The number of rotatable bonds is 15. The highest BCUT2D eigenvalue weighted by Gasteiger charge is 2.46. The second-order valence-corrected chi connectivity index (χ2v) is 24.8. The Morgan fingerprint density at radius 2 is 0.691 bits per heavy atom. The van der Waals surface area contributed by atoms with Gasteiger partial charge in [-0.3, -0.25) is 47.9 Å². The SMILES string of the molecule is CC(=O)NC1CC(C(=O)NC2CC(C(=O)NC3CC(C(N)=O)N(C(=O)CNC(=O)c4c5ccccc5nc5c4[nH]c4ccccc45)C3)N(C(=O)CNC(=O)c3c4ccccc4nc4c3[nH]c3ccccc34)C2)N(C(=O)CNC(=O)c2c3ccccc3nc3c2[nH]c2ccccc23)C1. The molecule has 26 nitrogen and oxygen atoms in total. The van der Waals surface area contributed by atoms with Gasteiger partial charge in [0.1, 0.15) is 18.1 Å². The summed E-state index contributed by atoms with van der Waals surface area (Å²) in [6.07, 6.45) is -0.326. The fourth-order valence-corrected chi connectivity index (χ4v) is 14.4. The molecule has 6 aromatic heterocycles. The van der Waals surface area contributed by atoms with Crippen LogP contribution in [0.3, 0.4) is 0 Å². The van der Waals surface area contributed by atoms with Crippen LogP contribution in [0.25, 0.3) is 98.5 Å². The third-order valence-corrected chi connectivity index (χ3v) is 18.8. The number of aromatic nitrogens is 6. The summed E-state index contributed by atoms with van der Waals surface area (Å²) in [7, 11) is 0. The predicted octanol–water partition coefficient (Wildman–Crippen LogP) is 4.59. The van der Waals surface area contributed by atoms with Crippen LogP contribution in [-0.2, 0) is 33.6 Å². The Morgan fingerprint density at radius 1 is 0.402 bits per heavy atom. The Hall–Kier alpha value is -12.4. The topological polar surface area (TPSA) is 365 Å². The summed E-state index contributed by atoms with van der Waals surface area (Å²) in [6.45, 7) is -0.958. The van der Waals surface area contributed by atoms with Crippen molar-refractivity contribution in [3.63, 3.8) is 0 Å². The number of nitrogens with zero attached hydrogens (tertiary/aromatic N) is 6. The smallest absolute Gasteiger partial charge is 0.254 e. The van der Waals surface area contributed by atoms with E-state index >= 15 is 0 Å². The van der Waals surface area contributed by atoms with E-state index in [1.165, 1.54) is 21.6 Å². The maximum atomic E-state index is 14.9. The molecule has 0 radical (unpaired) electrons. The maximum Gasteiger partial charge on any atom is 0.254 e. The number of H-pyrrole nitrogens is 3. The molecular formula is C71H62N16O10. The van der Waals surface area contributed by atoms with Crippen molar-refractivity contribution in [2.45, 2.75) is 62.4 Å². The molecule has 9 heterocycles. The van der Waals surface area contributed by atoms with Gasteiger partial charge in [0.2, 0.25) is 41.4 Å². The molecule has 0 aliphatic carbocycles. The number of nitrogens with one attached hydrogen (secondary N) is 9. The van der Waals surface area contributed by atoms with Gasteiger partial charge in [-0.25, -0.2) is 15.0 Å². The lowest BCUT2D eigenvalue weighted by Gasteiger charge is -2.26. The van der Waals surface area contributed by atoms with E-state index in [1.54, 1.807) is 66.7 Å². The van der Waals surface area contributed by atoms with E-state index in [-0.39, 0.29) is 55.6 Å². The van der Waals surface area contributed by atoms with Crippen molar-refractivity contribution < 1.29 is 47.9 Å². The van der Waals surface area contributed by atoms with Gasteiger partial charge in [-0.2, -0.15) is 0 Å². The van der Waals surface area contributed by atoms with E-state index < -0.39 is 115 Å². The number of carbonyl (C=O) groups is 10. The third-order valence-electron chi connectivity index (χ3n) is 18.8. The quantitative estimate of drug-likeness (QED) is 0.0673. The van der Waals surface area contributed by atoms with E-state index in [9.17, 15) is 47.9 Å². The van der Waals surface area contributed by atoms with Crippen LogP contribution in [0, 0.1) is 0 Å². The number of benzene rings is 6. The molecule has 3 aliphatic rings. The standard InChI is InChI=1S/C71H62N16O10/c1-35(88)76-36-27-52(86(32-36)55(90)30-74-70(96)58-40-15-3-9-21-46(40)80-61-43-18-6-12-24-49(43)83-64(58)61)67(93)78-38-28-53(87(34-38)56(91)31-75-71(97)59-41-16-4-10-22-47(41)81-62-44-19-7-13-25-50(44)84-65(59)62)68(94)77-37-26-51(66(72)92)85(33-37)54(89)29-73-69(95)57-39-14-2-8-20-45(39)79-60-42-17-5-11-23-48(42)82-63(57)60/h2-25,36-38,51-53,82-84H,26-34H2,1H3,(H2,72,92)(H,73,95)(H,74,96)(H,75,97)(H,76,88)(H,77,94)(H,78,93). The molecule has 0 bridgehead atoms. The Bertz CT molecular complexity index is 5370. The van der Waals surface area contributed by atoms with Crippen LogP contribution in [0.5, 0.6) is 0 Å². The van der Waals surface area contributed by atoms with Crippen molar-refractivity contribution in [2.24, 2.45) is 5.73 Å². The lowest BCUT2D eigenvalue weighted by atomic mass is 10.1. The number of amides is 10. The van der Waals surface area contributed by atoms with Gasteiger partial charge in [-0.1, -0.05) is 109 Å². The average Bonchev–Trinajstić information content (AvgIpc) is 1.62. The van der Waals surface area contributed by atoms with E-state index in [4.69, 9.17) is 20.7 Å². The van der Waals surface area contributed by atoms with Crippen molar-refractivity contribution in [1.82, 2.24) is 76.5 Å². The molecular weight excluding hydrogens is 1240 g/mol. The number of hydrogen-bond donors (Lipinski definition) is 10. The first-order valence-electron chi connectivity index (χ1n) is 31.8. The number of para-hydroxylation sites is 6. The van der Waals surface area contributed by atoms with E-state index in [2.05, 4.69) is 46.9 Å². The fraction of sp³-hybridized carbons (Fsp3) is 0.225. The summed E-state index contributed by atoms with van der Waals surface area (Å²) < 4.78 is 0. The van der Waals surface area contributed by atoms with E-state index in [0.717, 1.165) is 32.7 Å². The van der Waals surface area contributed by atoms with Crippen LogP contribution in [0.15, 0.2) is 146 Å². The third kappa shape index (κ3) is 11.1. The van der Waals surface area contributed by atoms with Gasteiger partial charge >= 0.3 is 0 Å². The highest BCUT2D eigenvalue weighted by molar-refractivity contribution is 6.23. The molecule has 486 valence electrons. The monoisotopic (exact) mass is 1300 g/mol. The molecule has 26 heteroatoms. The number of carbonyl (C=O) groups excluding carboxylic acids is 10. The summed E-state index contributed by atoms with van der Waals surface area (Å²) in [4.78, 5) is 170. The van der Waals surface area contributed by atoms with Gasteiger partial charge < -0.3 is 67.3 Å². The lowest BCUT2D eigenvalue weighted by Crippen LogP contribution is -2.52. The van der Waals surface area contributed by atoms with Crippen LogP contribution in [0.4, 0.5) is 0 Å². The molecule has 3 saturated heterocycles. The summed E-state index contributed by atoms with van der Waals surface area (Å²) in [6, 6.07) is 37.6. The predicted molar refractivity (Wildman–Crippen MR) is 361 cm³/mol. The average molecular weight is 1300 g/mol. The summed E-state index contributed by atoms with van der Waals surface area (Å²) in [5.74, 6) is -6.44. The Kier molecular flexibility index (Phi) is 15.4. The number of likely N-dealkylation sites (tertiary alicyclic amines) is 3. The highest BCUT2D eigenvalue weighted by atomic mass is 16.2. The maximum absolute atomic E-state index is 14.9. The lowest BCUT2D eigenvalue weighted by molar-refractivity contribution is -0.138. The number of fused-ring (bicyclic) bond motifs is 12. The first-order valence-corrected chi connectivity index (χ1v) is 31.8. The van der Waals surface area contributed by atoms with Gasteiger partial charge in [0.25, 0.3) is 17.7 Å². The first kappa shape index (κ1) is 60.9. The minimum atomic E-state index is -1.32. The zero-order valence-corrected chi connectivity index (χ0v) is 52.0. The zero-order valence-electron chi connectivity index (χ0n) is 52.0. The Morgan fingerprint density at radius 3 is 1.02 bits per heavy atom. The van der Waals surface area contributed by atoms with Gasteiger partial charge in [0.05, 0.1) is 86.0 Å². The Balaban J connectivity index is 0.669. The molecule has 11 N–H and O–H groups in total. The van der Waals surface area contributed by atoms with Crippen molar-refractivity contribution in [1.29, 1.82) is 0 Å². The normalized spacial score (nSPS) is 18.6. The van der Waals surface area contributed by atoms with Crippen LogP contribution in [-0.4, -0.2) is 179 Å². The number of hydrogen-bond acceptors (Lipinski definition) is 13. The van der Waals surface area contributed by atoms with E-state index in [1.807, 2.05) is 78.9 Å². The highest BCUT2D eigenvalue weighted by Crippen LogP contribution is 2.35. The van der Waals surface area contributed by atoms with Crippen molar-refractivity contribution in [3.05, 3.63) is 162 Å². The first-order chi connectivity index (χ1) is 47.0. The number of nitrogens with two attached hydrogens (primary N) is 1. The molecule has 0 saturated carbocycles. The van der Waals surface area contributed by atoms with Gasteiger partial charge in [-0.15, -0.1) is 0 Å². The summed E-state index contributed by atoms with van der Waals surface area (Å²) >= 11 is 0. The van der Waals surface area contributed by atoms with Crippen LogP contribution >= 0.6 is 0 Å². The fourth-order valence-electron chi connectivity index (χ4n) is 14.4. The van der Waals surface area contributed by atoms with Gasteiger partial charge in [0.15, 0.2) is 0 Å². The van der Waals surface area contributed by atoms with Crippen LogP contribution in [0.2, 0.25) is 0 Å². The van der Waals surface area contributed by atoms with Gasteiger partial charge in [0, 0.05) is 93.6 Å². The van der Waals surface area contributed by atoms with Crippen LogP contribution in [0.1, 0.15) is 57.3 Å². The zero-order chi connectivity index (χ0) is 66.9. The molecule has 10 amide bonds. The Labute approximate surface area is 549 Å². The molecule has 3 fully saturated rings. The molecule has 6 atom stereocenters. The van der Waals surface area contributed by atoms with Crippen molar-refractivity contribution in [2.75, 3.05) is 39.3 Å². The van der Waals surface area contributed by atoms with Gasteiger partial charge in [-0.05, 0) is 55.7 Å². The van der Waals surface area contributed by atoms with Crippen molar-refractivity contribution >= 4 is 158 Å². The molecule has 97 heavy (non-hydrogen) atoms.